The van der Waals surface area contributed by atoms with Gasteiger partial charge in [-0.25, -0.2) is 15.8 Å². The molecule has 2 aromatic rings. The first-order chi connectivity index (χ1) is 9.12. The molecule has 0 unspecified atom stereocenters. The zero-order chi connectivity index (χ0) is 13.8. The van der Waals surface area contributed by atoms with Gasteiger partial charge in [0.05, 0.1) is 10.7 Å². The van der Waals surface area contributed by atoms with Gasteiger partial charge in [-0.1, -0.05) is 30.1 Å². The van der Waals surface area contributed by atoms with Crippen molar-refractivity contribution < 1.29 is 0 Å². The molecule has 1 aromatic heterocycles. The zero-order valence-corrected chi connectivity index (χ0v) is 11.8. The van der Waals surface area contributed by atoms with Crippen molar-refractivity contribution in [2.45, 2.75) is 13.3 Å². The molecule has 0 atom stereocenters. The number of benzene rings is 1. The topological polar surface area (TPSA) is 75.9 Å². The fourth-order valence-electron chi connectivity index (χ4n) is 1.52. The van der Waals surface area contributed by atoms with Crippen LogP contribution in [-0.2, 0) is 6.42 Å². The van der Waals surface area contributed by atoms with Crippen molar-refractivity contribution in [1.29, 1.82) is 0 Å². The van der Waals surface area contributed by atoms with E-state index in [0.717, 1.165) is 0 Å². The van der Waals surface area contributed by atoms with Gasteiger partial charge in [0, 0.05) is 17.5 Å². The number of aromatic nitrogens is 2. The molecule has 4 N–H and O–H groups in total. The molecule has 0 amide bonds. The van der Waals surface area contributed by atoms with Gasteiger partial charge in [-0.2, -0.15) is 0 Å². The highest BCUT2D eigenvalue weighted by Gasteiger charge is 2.06. The van der Waals surface area contributed by atoms with E-state index < -0.39 is 0 Å². The number of aryl methyl sites for hydroxylation is 1. The van der Waals surface area contributed by atoms with Gasteiger partial charge in [-0.15, -0.1) is 0 Å². The second-order valence-corrected chi connectivity index (χ2v) is 4.65. The number of halogens is 2. The molecule has 7 heteroatoms. The fourth-order valence-corrected chi connectivity index (χ4v) is 1.86. The number of hydrogen-bond acceptors (Lipinski definition) is 5. The van der Waals surface area contributed by atoms with E-state index in [9.17, 15) is 0 Å². The molecular weight excluding hydrogens is 285 g/mol. The quantitative estimate of drug-likeness (QED) is 0.596. The first-order valence-electron chi connectivity index (χ1n) is 5.69. The maximum atomic E-state index is 6.09. The second kappa shape index (κ2) is 6.06. The van der Waals surface area contributed by atoms with Crippen molar-refractivity contribution in [3.8, 4) is 0 Å². The Kier molecular flexibility index (Phi) is 4.42. The molecule has 19 heavy (non-hydrogen) atoms. The highest BCUT2D eigenvalue weighted by molar-refractivity contribution is 6.35. The molecule has 1 aromatic carbocycles. The van der Waals surface area contributed by atoms with Gasteiger partial charge in [0.15, 0.2) is 0 Å². The van der Waals surface area contributed by atoms with Crippen LogP contribution < -0.4 is 16.6 Å². The second-order valence-electron chi connectivity index (χ2n) is 3.80. The monoisotopic (exact) mass is 297 g/mol. The van der Waals surface area contributed by atoms with Gasteiger partial charge in [-0.05, 0) is 18.2 Å². The van der Waals surface area contributed by atoms with Gasteiger partial charge in [0.25, 0.3) is 0 Å². The SMILES string of the molecule is CCc1nc(NN)cc(Nc2cc(Cl)ccc2Cl)n1. The maximum absolute atomic E-state index is 6.09. The highest BCUT2D eigenvalue weighted by atomic mass is 35.5. The van der Waals surface area contributed by atoms with Gasteiger partial charge < -0.3 is 10.7 Å². The van der Waals surface area contributed by atoms with E-state index in [1.165, 1.54) is 0 Å². The summed E-state index contributed by atoms with van der Waals surface area (Å²) in [7, 11) is 0. The van der Waals surface area contributed by atoms with E-state index in [-0.39, 0.29) is 0 Å². The summed E-state index contributed by atoms with van der Waals surface area (Å²) in [4.78, 5) is 8.55. The number of nitrogen functional groups attached to an aromatic ring is 1. The molecule has 5 nitrogen and oxygen atoms in total. The average molecular weight is 298 g/mol. The molecular formula is C12H13Cl2N5. The summed E-state index contributed by atoms with van der Waals surface area (Å²) in [6.07, 6.45) is 0.702. The predicted octanol–water partition coefficient (Wildman–Crippen LogP) is 3.38. The molecule has 0 aliphatic heterocycles. The van der Waals surface area contributed by atoms with Crippen LogP contribution in [-0.4, -0.2) is 9.97 Å². The first kappa shape index (κ1) is 13.9. The number of anilines is 3. The van der Waals surface area contributed by atoms with E-state index in [4.69, 9.17) is 29.0 Å². The van der Waals surface area contributed by atoms with Crippen LogP contribution in [0.5, 0.6) is 0 Å². The Morgan fingerprint density at radius 2 is 1.89 bits per heavy atom. The number of rotatable bonds is 4. The largest absolute Gasteiger partial charge is 0.339 e. The van der Waals surface area contributed by atoms with Crippen LogP contribution in [0.3, 0.4) is 0 Å². The number of nitrogens with zero attached hydrogens (tertiary/aromatic N) is 2. The van der Waals surface area contributed by atoms with Gasteiger partial charge in [-0.3, -0.25) is 0 Å². The minimum absolute atomic E-state index is 0.535. The minimum Gasteiger partial charge on any atom is -0.339 e. The predicted molar refractivity (Wildman–Crippen MR) is 79.0 cm³/mol. The van der Waals surface area contributed by atoms with Crippen LogP contribution in [0.2, 0.25) is 10.0 Å². The van der Waals surface area contributed by atoms with Crippen LogP contribution in [0.1, 0.15) is 12.7 Å². The van der Waals surface area contributed by atoms with Crippen molar-refractivity contribution in [2.75, 3.05) is 10.7 Å². The Balaban J connectivity index is 2.34. The minimum atomic E-state index is 0.535. The van der Waals surface area contributed by atoms with Crippen molar-refractivity contribution in [3.63, 3.8) is 0 Å². The number of hydrogen-bond donors (Lipinski definition) is 3. The average Bonchev–Trinajstić information content (AvgIpc) is 2.42. The summed E-state index contributed by atoms with van der Waals surface area (Å²) in [5.41, 5.74) is 3.18. The lowest BCUT2D eigenvalue weighted by molar-refractivity contribution is 0.941. The van der Waals surface area contributed by atoms with Crippen molar-refractivity contribution >= 4 is 40.5 Å². The summed E-state index contributed by atoms with van der Waals surface area (Å²) in [6, 6.07) is 6.86. The van der Waals surface area contributed by atoms with E-state index in [0.29, 0.717) is 39.6 Å². The molecule has 0 spiro atoms. The molecule has 100 valence electrons. The van der Waals surface area contributed by atoms with Crippen molar-refractivity contribution in [1.82, 2.24) is 9.97 Å². The van der Waals surface area contributed by atoms with E-state index in [1.807, 2.05) is 6.92 Å². The lowest BCUT2D eigenvalue weighted by atomic mass is 10.3. The Bertz CT molecular complexity index is 566. The third kappa shape index (κ3) is 3.47. The van der Waals surface area contributed by atoms with E-state index >= 15 is 0 Å². The van der Waals surface area contributed by atoms with Crippen LogP contribution >= 0.6 is 23.2 Å². The molecule has 0 saturated carbocycles. The molecule has 0 bridgehead atoms. The first-order valence-corrected chi connectivity index (χ1v) is 6.44. The summed E-state index contributed by atoms with van der Waals surface area (Å²) in [5, 5.41) is 4.25. The van der Waals surface area contributed by atoms with Crippen LogP contribution in [0, 0.1) is 0 Å². The lowest BCUT2D eigenvalue weighted by Gasteiger charge is -2.10. The van der Waals surface area contributed by atoms with E-state index in [2.05, 4.69) is 20.7 Å². The summed E-state index contributed by atoms with van der Waals surface area (Å²) in [6.45, 7) is 1.96. The summed E-state index contributed by atoms with van der Waals surface area (Å²) >= 11 is 12.0. The standard InChI is InChI=1S/C12H13Cl2N5/c1-2-10-17-11(6-12(18-10)19-15)16-9-5-7(13)3-4-8(9)14/h3-6H,2,15H2,1H3,(H2,16,17,18,19). The van der Waals surface area contributed by atoms with Gasteiger partial charge in [0.1, 0.15) is 17.5 Å². The molecule has 2 rings (SSSR count). The van der Waals surface area contributed by atoms with Crippen LogP contribution in [0.15, 0.2) is 24.3 Å². The molecule has 1 heterocycles. The van der Waals surface area contributed by atoms with Crippen LogP contribution in [0.4, 0.5) is 17.3 Å². The summed E-state index contributed by atoms with van der Waals surface area (Å²) < 4.78 is 0. The normalized spacial score (nSPS) is 10.3. The third-order valence-corrected chi connectivity index (χ3v) is 2.99. The van der Waals surface area contributed by atoms with Crippen molar-refractivity contribution in [3.05, 3.63) is 40.1 Å². The molecule has 0 aliphatic rings. The Morgan fingerprint density at radius 1 is 1.16 bits per heavy atom. The Morgan fingerprint density at radius 3 is 2.58 bits per heavy atom. The molecule has 0 radical (unpaired) electrons. The Labute approximate surface area is 121 Å². The molecule has 0 aliphatic carbocycles. The highest BCUT2D eigenvalue weighted by Crippen LogP contribution is 2.28. The molecule has 0 saturated heterocycles. The third-order valence-electron chi connectivity index (χ3n) is 2.43. The summed E-state index contributed by atoms with van der Waals surface area (Å²) in [5.74, 6) is 7.19. The van der Waals surface area contributed by atoms with Crippen molar-refractivity contribution in [2.24, 2.45) is 5.84 Å². The number of hydrazine groups is 1. The maximum Gasteiger partial charge on any atom is 0.145 e. The zero-order valence-electron chi connectivity index (χ0n) is 10.2. The smallest absolute Gasteiger partial charge is 0.145 e. The number of nitrogens with one attached hydrogen (secondary N) is 2. The number of nitrogens with two attached hydrogens (primary N) is 1. The van der Waals surface area contributed by atoms with Gasteiger partial charge in [0.2, 0.25) is 0 Å². The lowest BCUT2D eigenvalue weighted by Crippen LogP contribution is -2.11. The van der Waals surface area contributed by atoms with Crippen LogP contribution in [0.25, 0.3) is 0 Å². The Hall–Kier alpha value is -1.56. The molecule has 0 fully saturated rings. The fraction of sp³-hybridized carbons (Fsp3) is 0.167. The van der Waals surface area contributed by atoms with Gasteiger partial charge >= 0.3 is 0 Å². The van der Waals surface area contributed by atoms with E-state index in [1.54, 1.807) is 24.3 Å².